The second kappa shape index (κ2) is 7.24. The lowest BCUT2D eigenvalue weighted by Gasteiger charge is -2.17. The van der Waals surface area contributed by atoms with Crippen LogP contribution in [-0.2, 0) is 17.6 Å². The van der Waals surface area contributed by atoms with Crippen LogP contribution < -0.4 is 11.1 Å². The average molecular weight is 304 g/mol. The zero-order valence-electron chi connectivity index (χ0n) is 12.0. The number of aromatic hydroxyl groups is 1. The van der Waals surface area contributed by atoms with E-state index in [0.29, 0.717) is 6.42 Å². The fourth-order valence-corrected chi connectivity index (χ4v) is 2.95. The van der Waals surface area contributed by atoms with E-state index in [0.717, 1.165) is 12.0 Å². The number of carbonyl (C=O) groups excluding carboxylic acids is 1. The summed E-state index contributed by atoms with van der Waals surface area (Å²) in [5, 5.41) is 14.2. The average Bonchev–Trinajstić information content (AvgIpc) is 2.94. The third-order valence-electron chi connectivity index (χ3n) is 3.20. The number of hydrogen-bond donors (Lipinski definition) is 3. The molecule has 0 spiro atoms. The van der Waals surface area contributed by atoms with Gasteiger partial charge in [-0.15, -0.1) is 11.3 Å². The van der Waals surface area contributed by atoms with E-state index in [-0.39, 0.29) is 17.7 Å². The maximum absolute atomic E-state index is 12.1. The van der Waals surface area contributed by atoms with Crippen LogP contribution in [0.4, 0.5) is 0 Å². The van der Waals surface area contributed by atoms with E-state index in [1.54, 1.807) is 35.6 Å². The molecule has 0 saturated carbocycles. The lowest BCUT2D eigenvalue weighted by atomic mass is 10.1. The van der Waals surface area contributed by atoms with Crippen molar-refractivity contribution < 1.29 is 9.90 Å². The summed E-state index contributed by atoms with van der Waals surface area (Å²) in [5.74, 6) is 0.0634. The molecule has 1 heterocycles. The zero-order valence-corrected chi connectivity index (χ0v) is 12.8. The number of phenols is 1. The van der Waals surface area contributed by atoms with Crippen molar-refractivity contribution in [3.05, 3.63) is 52.2 Å². The van der Waals surface area contributed by atoms with Gasteiger partial charge in [0.25, 0.3) is 0 Å². The van der Waals surface area contributed by atoms with Gasteiger partial charge in [0.2, 0.25) is 5.91 Å². The van der Waals surface area contributed by atoms with Gasteiger partial charge in [-0.1, -0.05) is 18.2 Å². The number of hydrogen-bond acceptors (Lipinski definition) is 4. The highest BCUT2D eigenvalue weighted by Crippen LogP contribution is 2.12. The molecule has 4 nitrogen and oxygen atoms in total. The Bertz CT molecular complexity index is 566. The maximum Gasteiger partial charge on any atom is 0.237 e. The third-order valence-corrected chi connectivity index (χ3v) is 4.10. The summed E-state index contributed by atoms with van der Waals surface area (Å²) in [7, 11) is 0. The molecule has 1 aromatic heterocycles. The molecule has 2 atom stereocenters. The summed E-state index contributed by atoms with van der Waals surface area (Å²) in [6.07, 6.45) is 1.27. The van der Waals surface area contributed by atoms with E-state index in [9.17, 15) is 9.90 Å². The minimum atomic E-state index is -0.583. The number of phenolic OH excluding ortho intramolecular Hbond substituents is 1. The largest absolute Gasteiger partial charge is 0.508 e. The van der Waals surface area contributed by atoms with E-state index in [1.165, 1.54) is 4.88 Å². The molecule has 0 aliphatic rings. The Hall–Kier alpha value is -1.85. The van der Waals surface area contributed by atoms with E-state index < -0.39 is 6.04 Å². The second-order valence-corrected chi connectivity index (χ2v) is 6.20. The van der Waals surface area contributed by atoms with Gasteiger partial charge in [-0.25, -0.2) is 0 Å². The number of thiophene rings is 1. The first-order chi connectivity index (χ1) is 10.0. The molecule has 1 aromatic carbocycles. The summed E-state index contributed by atoms with van der Waals surface area (Å²) in [4.78, 5) is 13.3. The second-order valence-electron chi connectivity index (χ2n) is 5.17. The first-order valence-corrected chi connectivity index (χ1v) is 7.79. The van der Waals surface area contributed by atoms with Crippen molar-refractivity contribution in [3.63, 3.8) is 0 Å². The van der Waals surface area contributed by atoms with Gasteiger partial charge in [0.05, 0.1) is 6.04 Å². The smallest absolute Gasteiger partial charge is 0.237 e. The molecule has 0 aliphatic carbocycles. The molecule has 0 radical (unpaired) electrons. The molecule has 1 amide bonds. The molecule has 21 heavy (non-hydrogen) atoms. The summed E-state index contributed by atoms with van der Waals surface area (Å²) in [5.41, 5.74) is 6.87. The molecule has 0 fully saturated rings. The Morgan fingerprint density at radius 3 is 2.62 bits per heavy atom. The minimum Gasteiger partial charge on any atom is -0.508 e. The summed E-state index contributed by atoms with van der Waals surface area (Å²) in [6.45, 7) is 1.98. The Kier molecular flexibility index (Phi) is 5.36. The van der Waals surface area contributed by atoms with Crippen LogP contribution in [0.1, 0.15) is 17.4 Å². The van der Waals surface area contributed by atoms with Gasteiger partial charge in [-0.3, -0.25) is 4.79 Å². The Morgan fingerprint density at radius 2 is 2.00 bits per heavy atom. The van der Waals surface area contributed by atoms with Crippen LogP contribution in [0.25, 0.3) is 0 Å². The van der Waals surface area contributed by atoms with Crippen LogP contribution in [0, 0.1) is 0 Å². The molecule has 0 saturated heterocycles. The van der Waals surface area contributed by atoms with Gasteiger partial charge in [-0.2, -0.15) is 0 Å². The number of amides is 1. The summed E-state index contributed by atoms with van der Waals surface area (Å²) in [6, 6.07) is 10.3. The van der Waals surface area contributed by atoms with Gasteiger partial charge in [0, 0.05) is 17.3 Å². The van der Waals surface area contributed by atoms with Crippen molar-refractivity contribution in [2.45, 2.75) is 31.8 Å². The van der Waals surface area contributed by atoms with E-state index in [2.05, 4.69) is 11.4 Å². The predicted molar refractivity (Wildman–Crippen MR) is 85.4 cm³/mol. The molecule has 2 rings (SSSR count). The number of rotatable bonds is 6. The fourth-order valence-electron chi connectivity index (χ4n) is 2.11. The van der Waals surface area contributed by atoms with Gasteiger partial charge in [-0.05, 0) is 42.5 Å². The third kappa shape index (κ3) is 4.88. The number of nitrogens with two attached hydrogens (primary N) is 1. The minimum absolute atomic E-state index is 0.0574. The molecule has 4 N–H and O–H groups in total. The van der Waals surface area contributed by atoms with Crippen LogP contribution in [0.15, 0.2) is 41.8 Å². The van der Waals surface area contributed by atoms with Gasteiger partial charge < -0.3 is 16.2 Å². The van der Waals surface area contributed by atoms with Crippen molar-refractivity contribution in [1.82, 2.24) is 5.32 Å². The zero-order chi connectivity index (χ0) is 15.2. The standard InChI is InChI=1S/C16H20N2O2S/c1-11(9-14-3-2-8-21-14)18-16(20)15(17)10-12-4-6-13(19)7-5-12/h2-8,11,15,19H,9-10,17H2,1H3,(H,18,20)/t11?,15-/m1/s1. The van der Waals surface area contributed by atoms with Crippen molar-refractivity contribution in [2.75, 3.05) is 0 Å². The highest BCUT2D eigenvalue weighted by molar-refractivity contribution is 7.09. The maximum atomic E-state index is 12.1. The van der Waals surface area contributed by atoms with Crippen LogP contribution in [0.5, 0.6) is 5.75 Å². The molecule has 1 unspecified atom stereocenters. The summed E-state index contributed by atoms with van der Waals surface area (Å²) < 4.78 is 0. The first-order valence-electron chi connectivity index (χ1n) is 6.91. The van der Waals surface area contributed by atoms with Gasteiger partial charge in [0.15, 0.2) is 0 Å². The molecule has 0 aliphatic heterocycles. The van der Waals surface area contributed by atoms with Crippen LogP contribution in [0.3, 0.4) is 0 Å². The molecule has 5 heteroatoms. The molecular formula is C16H20N2O2S. The number of nitrogens with one attached hydrogen (secondary N) is 1. The molecule has 0 bridgehead atoms. The first kappa shape index (κ1) is 15.5. The normalized spacial score (nSPS) is 13.6. The van der Waals surface area contributed by atoms with Crippen LogP contribution in [-0.4, -0.2) is 23.1 Å². The van der Waals surface area contributed by atoms with Crippen molar-refractivity contribution in [1.29, 1.82) is 0 Å². The van der Waals surface area contributed by atoms with Gasteiger partial charge in [0.1, 0.15) is 5.75 Å². The molecular weight excluding hydrogens is 284 g/mol. The molecule has 2 aromatic rings. The Labute approximate surface area is 128 Å². The van der Waals surface area contributed by atoms with Crippen LogP contribution in [0.2, 0.25) is 0 Å². The van der Waals surface area contributed by atoms with Crippen LogP contribution >= 0.6 is 11.3 Å². The monoisotopic (exact) mass is 304 g/mol. The van der Waals surface area contributed by atoms with E-state index in [1.807, 2.05) is 18.4 Å². The molecule has 112 valence electrons. The van der Waals surface area contributed by atoms with Crippen molar-refractivity contribution >= 4 is 17.2 Å². The van der Waals surface area contributed by atoms with E-state index >= 15 is 0 Å². The number of benzene rings is 1. The quantitative estimate of drug-likeness (QED) is 0.765. The van der Waals surface area contributed by atoms with Crippen molar-refractivity contribution in [3.8, 4) is 5.75 Å². The highest BCUT2D eigenvalue weighted by Gasteiger charge is 2.16. The Morgan fingerprint density at radius 1 is 1.29 bits per heavy atom. The SMILES string of the molecule is CC(Cc1cccs1)NC(=O)[C@H](N)Cc1ccc(O)cc1. The van der Waals surface area contributed by atoms with E-state index in [4.69, 9.17) is 5.73 Å². The highest BCUT2D eigenvalue weighted by atomic mass is 32.1. The number of carbonyl (C=O) groups is 1. The fraction of sp³-hybridized carbons (Fsp3) is 0.312. The van der Waals surface area contributed by atoms with Crippen molar-refractivity contribution in [2.24, 2.45) is 5.73 Å². The lowest BCUT2D eigenvalue weighted by molar-refractivity contribution is -0.122. The topological polar surface area (TPSA) is 75.4 Å². The summed E-state index contributed by atoms with van der Waals surface area (Å²) >= 11 is 1.68. The Balaban J connectivity index is 1.83. The lowest BCUT2D eigenvalue weighted by Crippen LogP contribution is -2.46. The van der Waals surface area contributed by atoms with Gasteiger partial charge >= 0.3 is 0 Å². The predicted octanol–water partition coefficient (Wildman–Crippen LogP) is 2.07.